The fourth-order valence-corrected chi connectivity index (χ4v) is 4.44. The van der Waals surface area contributed by atoms with Crippen molar-refractivity contribution in [3.8, 4) is 5.75 Å². The average molecular weight is 485 g/mol. The third kappa shape index (κ3) is 6.10. The molecule has 4 aromatic rings. The van der Waals surface area contributed by atoms with Gasteiger partial charge in [0, 0.05) is 41.2 Å². The van der Waals surface area contributed by atoms with Gasteiger partial charge in [0.15, 0.2) is 0 Å². The molecule has 1 aromatic heterocycles. The van der Waals surface area contributed by atoms with Crippen LogP contribution in [0.25, 0.3) is 21.8 Å². The van der Waals surface area contributed by atoms with Crippen LogP contribution < -0.4 is 10.7 Å². The van der Waals surface area contributed by atoms with Crippen LogP contribution in [-0.2, 0) is 16.1 Å². The molecule has 0 aliphatic carbocycles. The molecular formula is C29H32N4O3. The monoisotopic (exact) mass is 484 g/mol. The fraction of sp³-hybridized carbons (Fsp3) is 0.276. The van der Waals surface area contributed by atoms with Gasteiger partial charge in [0.2, 0.25) is 11.8 Å². The molecule has 3 aromatic carbocycles. The topological polar surface area (TPSA) is 95.7 Å². The SMILES string of the molecule is CCn1c2ccccc2c2cc(/C=N/NC(=O)CCCCCCC(=O)Nc3ccccc3O)ccc21. The Morgan fingerprint density at radius 1 is 0.861 bits per heavy atom. The maximum absolute atomic E-state index is 12.1. The Labute approximate surface area is 210 Å². The number of carbonyl (C=O) groups excluding carboxylic acids is 2. The predicted octanol–water partition coefficient (Wildman–Crippen LogP) is 5.95. The molecule has 7 nitrogen and oxygen atoms in total. The predicted molar refractivity (Wildman–Crippen MR) is 145 cm³/mol. The number of hydrazone groups is 1. The fourth-order valence-electron chi connectivity index (χ4n) is 4.44. The summed E-state index contributed by atoms with van der Waals surface area (Å²) in [6.07, 6.45) is 5.64. The zero-order valence-electron chi connectivity index (χ0n) is 20.5. The Kier molecular flexibility index (Phi) is 8.34. The first kappa shape index (κ1) is 25.0. The molecule has 1 heterocycles. The summed E-state index contributed by atoms with van der Waals surface area (Å²) < 4.78 is 2.30. The molecule has 4 rings (SSSR count). The second kappa shape index (κ2) is 12.0. The van der Waals surface area contributed by atoms with Gasteiger partial charge in [-0.25, -0.2) is 5.43 Å². The highest BCUT2D eigenvalue weighted by molar-refractivity contribution is 6.09. The third-order valence-electron chi connectivity index (χ3n) is 6.25. The largest absolute Gasteiger partial charge is 0.506 e. The van der Waals surface area contributed by atoms with Gasteiger partial charge in [0.1, 0.15) is 5.75 Å². The zero-order valence-corrected chi connectivity index (χ0v) is 20.5. The number of rotatable bonds is 11. The number of nitrogens with one attached hydrogen (secondary N) is 2. The molecule has 0 atom stereocenters. The molecule has 3 N–H and O–H groups in total. The Bertz CT molecular complexity index is 1390. The molecule has 2 amide bonds. The lowest BCUT2D eigenvalue weighted by atomic mass is 10.1. The number of hydrogen-bond acceptors (Lipinski definition) is 4. The van der Waals surface area contributed by atoms with E-state index in [2.05, 4.69) is 57.7 Å². The molecule has 0 fully saturated rings. The van der Waals surface area contributed by atoms with Crippen molar-refractivity contribution in [1.29, 1.82) is 0 Å². The second-order valence-corrected chi connectivity index (χ2v) is 8.81. The van der Waals surface area contributed by atoms with Crippen LogP contribution in [0.4, 0.5) is 5.69 Å². The number of hydrogen-bond donors (Lipinski definition) is 3. The van der Waals surface area contributed by atoms with E-state index < -0.39 is 0 Å². The van der Waals surface area contributed by atoms with Crippen LogP contribution in [0.5, 0.6) is 5.75 Å². The van der Waals surface area contributed by atoms with E-state index in [4.69, 9.17) is 0 Å². The summed E-state index contributed by atoms with van der Waals surface area (Å²) in [5, 5.41) is 18.9. The van der Waals surface area contributed by atoms with Crippen molar-refractivity contribution in [2.75, 3.05) is 5.32 Å². The Morgan fingerprint density at radius 2 is 1.56 bits per heavy atom. The van der Waals surface area contributed by atoms with E-state index in [1.165, 1.54) is 27.9 Å². The molecule has 0 unspecified atom stereocenters. The van der Waals surface area contributed by atoms with Gasteiger partial charge >= 0.3 is 0 Å². The lowest BCUT2D eigenvalue weighted by Gasteiger charge is -2.06. The molecule has 0 bridgehead atoms. The van der Waals surface area contributed by atoms with E-state index >= 15 is 0 Å². The van der Waals surface area contributed by atoms with Crippen molar-refractivity contribution in [2.24, 2.45) is 5.10 Å². The number of phenolic OH excluding ortho intramolecular Hbond substituents is 1. The molecule has 0 spiro atoms. The van der Waals surface area contributed by atoms with Crippen molar-refractivity contribution in [2.45, 2.75) is 52.0 Å². The lowest BCUT2D eigenvalue weighted by molar-refractivity contribution is -0.121. The maximum atomic E-state index is 12.1. The Balaban J connectivity index is 1.17. The molecule has 0 radical (unpaired) electrons. The van der Waals surface area contributed by atoms with Crippen LogP contribution in [0.3, 0.4) is 0 Å². The number of fused-ring (bicyclic) bond motifs is 3. The molecule has 186 valence electrons. The van der Waals surface area contributed by atoms with E-state index in [-0.39, 0.29) is 17.6 Å². The quantitative estimate of drug-likeness (QED) is 0.106. The number of aromatic nitrogens is 1. The number of aromatic hydroxyl groups is 1. The second-order valence-electron chi connectivity index (χ2n) is 8.81. The molecule has 36 heavy (non-hydrogen) atoms. The highest BCUT2D eigenvalue weighted by atomic mass is 16.3. The molecule has 0 aliphatic rings. The van der Waals surface area contributed by atoms with Crippen molar-refractivity contribution in [3.05, 3.63) is 72.3 Å². The summed E-state index contributed by atoms with van der Waals surface area (Å²) in [5.74, 6) is -0.183. The van der Waals surface area contributed by atoms with Crippen molar-refractivity contribution in [3.63, 3.8) is 0 Å². The first-order valence-corrected chi connectivity index (χ1v) is 12.5. The van der Waals surface area contributed by atoms with Gasteiger partial charge in [-0.3, -0.25) is 9.59 Å². The van der Waals surface area contributed by atoms with E-state index in [1.807, 2.05) is 12.1 Å². The molecular weight excluding hydrogens is 452 g/mol. The average Bonchev–Trinajstić information content (AvgIpc) is 3.20. The van der Waals surface area contributed by atoms with Gasteiger partial charge in [-0.15, -0.1) is 0 Å². The molecule has 0 saturated carbocycles. The highest BCUT2D eigenvalue weighted by Gasteiger charge is 2.09. The number of aryl methyl sites for hydroxylation is 1. The van der Waals surface area contributed by atoms with Crippen LogP contribution in [0.2, 0.25) is 0 Å². The number of carbonyl (C=O) groups is 2. The number of amides is 2. The summed E-state index contributed by atoms with van der Waals surface area (Å²) in [4.78, 5) is 24.1. The normalized spacial score (nSPS) is 11.4. The Hall–Kier alpha value is -4.13. The third-order valence-corrected chi connectivity index (χ3v) is 6.25. The van der Waals surface area contributed by atoms with Crippen LogP contribution in [0, 0.1) is 0 Å². The maximum Gasteiger partial charge on any atom is 0.240 e. The van der Waals surface area contributed by atoms with Gasteiger partial charge in [0.25, 0.3) is 0 Å². The van der Waals surface area contributed by atoms with Crippen LogP contribution in [0.15, 0.2) is 71.8 Å². The van der Waals surface area contributed by atoms with Crippen molar-refractivity contribution in [1.82, 2.24) is 9.99 Å². The summed E-state index contributed by atoms with van der Waals surface area (Å²) >= 11 is 0. The lowest BCUT2D eigenvalue weighted by Crippen LogP contribution is -2.16. The van der Waals surface area contributed by atoms with E-state index in [0.29, 0.717) is 18.5 Å². The number of anilines is 1. The van der Waals surface area contributed by atoms with Crippen LogP contribution in [-0.4, -0.2) is 27.7 Å². The molecule has 0 saturated heterocycles. The van der Waals surface area contributed by atoms with Gasteiger partial charge < -0.3 is 15.0 Å². The molecule has 0 aliphatic heterocycles. The number of para-hydroxylation sites is 3. The Morgan fingerprint density at radius 3 is 2.33 bits per heavy atom. The smallest absolute Gasteiger partial charge is 0.240 e. The number of benzene rings is 3. The van der Waals surface area contributed by atoms with E-state index in [0.717, 1.165) is 37.8 Å². The van der Waals surface area contributed by atoms with Crippen molar-refractivity contribution >= 4 is 45.5 Å². The summed E-state index contributed by atoms with van der Waals surface area (Å²) in [6, 6.07) is 21.3. The molecule has 7 heteroatoms. The minimum atomic E-state index is -0.124. The zero-order chi connectivity index (χ0) is 25.3. The van der Waals surface area contributed by atoms with Gasteiger partial charge in [0.05, 0.1) is 11.9 Å². The number of phenols is 1. The van der Waals surface area contributed by atoms with Gasteiger partial charge in [-0.1, -0.05) is 49.2 Å². The van der Waals surface area contributed by atoms with Crippen LogP contribution in [0.1, 0.15) is 51.0 Å². The van der Waals surface area contributed by atoms with Crippen molar-refractivity contribution < 1.29 is 14.7 Å². The first-order chi connectivity index (χ1) is 17.6. The summed E-state index contributed by atoms with van der Waals surface area (Å²) in [5.41, 5.74) is 6.38. The first-order valence-electron chi connectivity index (χ1n) is 12.5. The van der Waals surface area contributed by atoms with Crippen LogP contribution >= 0.6 is 0 Å². The minimum Gasteiger partial charge on any atom is -0.506 e. The van der Waals surface area contributed by atoms with Gasteiger partial charge in [-0.05, 0) is 55.7 Å². The minimum absolute atomic E-state index is 0.0594. The van der Waals surface area contributed by atoms with E-state index in [1.54, 1.807) is 24.4 Å². The summed E-state index contributed by atoms with van der Waals surface area (Å²) in [6.45, 7) is 3.05. The summed E-state index contributed by atoms with van der Waals surface area (Å²) in [7, 11) is 0. The standard InChI is InChI=1S/C29H32N4O3/c1-2-33-25-13-9-7-11-22(25)23-19-21(17-18-26(23)33)20-30-32-29(36)16-6-4-3-5-15-28(35)31-24-12-8-10-14-27(24)34/h7-14,17-20,34H,2-6,15-16H2,1H3,(H,31,35)(H,32,36)/b30-20+. The van der Waals surface area contributed by atoms with Gasteiger partial charge in [-0.2, -0.15) is 5.10 Å². The van der Waals surface area contributed by atoms with E-state index in [9.17, 15) is 14.7 Å². The number of nitrogens with zero attached hydrogens (tertiary/aromatic N) is 2. The number of unbranched alkanes of at least 4 members (excludes halogenated alkanes) is 3. The highest BCUT2D eigenvalue weighted by Crippen LogP contribution is 2.29.